The molecule has 1 amide bonds. The highest BCUT2D eigenvalue weighted by Gasteiger charge is 2.21. The van der Waals surface area contributed by atoms with Gasteiger partial charge in [-0.25, -0.2) is 4.79 Å². The van der Waals surface area contributed by atoms with Crippen LogP contribution >= 0.6 is 0 Å². The van der Waals surface area contributed by atoms with Crippen molar-refractivity contribution in [3.63, 3.8) is 0 Å². The summed E-state index contributed by atoms with van der Waals surface area (Å²) in [5, 5.41) is 7.43. The molecular weight excluding hydrogens is 362 g/mol. The minimum absolute atomic E-state index is 0.125. The second kappa shape index (κ2) is 7.61. The molecule has 0 saturated carbocycles. The summed E-state index contributed by atoms with van der Waals surface area (Å²) in [6.07, 6.45) is -0.600. The number of rotatable bonds is 4. The number of nitrogens with one attached hydrogen (secondary N) is 1. The van der Waals surface area contributed by atoms with Crippen molar-refractivity contribution in [3.8, 4) is 0 Å². The number of fused-ring (bicyclic) bond motifs is 1. The quantitative estimate of drug-likeness (QED) is 0.628. The molecule has 1 aromatic heterocycles. The number of ether oxygens (including phenoxy) is 2. The van der Waals surface area contributed by atoms with Crippen LogP contribution in [-0.4, -0.2) is 38.8 Å². The van der Waals surface area contributed by atoms with E-state index in [2.05, 4.69) is 10.4 Å². The first kappa shape index (κ1) is 21.4. The van der Waals surface area contributed by atoms with Crippen molar-refractivity contribution in [1.29, 1.82) is 0 Å². The van der Waals surface area contributed by atoms with Crippen LogP contribution < -0.4 is 5.32 Å². The monoisotopic (exact) mass is 389 g/mol. The van der Waals surface area contributed by atoms with Crippen LogP contribution in [0.2, 0.25) is 0 Å². The van der Waals surface area contributed by atoms with Gasteiger partial charge in [0.15, 0.2) is 5.78 Å². The highest BCUT2D eigenvalue weighted by Crippen LogP contribution is 2.24. The maximum Gasteiger partial charge on any atom is 0.412 e. The smallest absolute Gasteiger partial charge is 0.412 e. The van der Waals surface area contributed by atoms with Gasteiger partial charge in [-0.3, -0.25) is 19.6 Å². The van der Waals surface area contributed by atoms with E-state index in [1.165, 1.54) is 11.6 Å². The molecule has 0 bridgehead atoms. The molecule has 0 aliphatic rings. The van der Waals surface area contributed by atoms with Crippen molar-refractivity contribution in [1.82, 2.24) is 9.78 Å². The molecule has 0 aliphatic heterocycles. The van der Waals surface area contributed by atoms with E-state index in [-0.39, 0.29) is 18.0 Å². The molecule has 0 unspecified atom stereocenters. The third kappa shape index (κ3) is 5.80. The van der Waals surface area contributed by atoms with E-state index < -0.39 is 23.3 Å². The standard InChI is InChI=1S/C20H27N3O5/c1-12(24)17-14-10-13(21-18(26)28-20(5,6)7)8-9-15(14)23(22-17)11-16(25)27-19(2,3)4/h8-10H,11H2,1-7H3,(H,21,26). The Morgan fingerprint density at radius 2 is 1.64 bits per heavy atom. The molecule has 2 aromatic rings. The topological polar surface area (TPSA) is 99.5 Å². The van der Waals surface area contributed by atoms with Crippen LogP contribution in [0.4, 0.5) is 10.5 Å². The van der Waals surface area contributed by atoms with Crippen molar-refractivity contribution >= 4 is 34.4 Å². The third-order valence-electron chi connectivity index (χ3n) is 3.43. The Bertz CT molecular complexity index is 916. The van der Waals surface area contributed by atoms with Gasteiger partial charge in [-0.05, 0) is 59.7 Å². The Labute approximate surface area is 164 Å². The molecule has 1 heterocycles. The Balaban J connectivity index is 2.33. The van der Waals surface area contributed by atoms with E-state index in [1.54, 1.807) is 59.7 Å². The number of carbonyl (C=O) groups excluding carboxylic acids is 3. The second-order valence-corrected chi connectivity index (χ2v) is 8.51. The maximum absolute atomic E-state index is 12.2. The highest BCUT2D eigenvalue weighted by molar-refractivity contribution is 6.06. The summed E-state index contributed by atoms with van der Waals surface area (Å²) in [5.41, 5.74) is 0.0172. The number of hydrogen-bond acceptors (Lipinski definition) is 6. The molecule has 8 nitrogen and oxygen atoms in total. The minimum Gasteiger partial charge on any atom is -0.459 e. The lowest BCUT2D eigenvalue weighted by molar-refractivity contribution is -0.155. The van der Waals surface area contributed by atoms with E-state index in [0.29, 0.717) is 16.6 Å². The molecule has 0 saturated heterocycles. The van der Waals surface area contributed by atoms with E-state index in [4.69, 9.17) is 9.47 Å². The zero-order valence-corrected chi connectivity index (χ0v) is 17.4. The van der Waals surface area contributed by atoms with Gasteiger partial charge in [-0.2, -0.15) is 5.10 Å². The van der Waals surface area contributed by atoms with Gasteiger partial charge in [-0.1, -0.05) is 0 Å². The van der Waals surface area contributed by atoms with Gasteiger partial charge in [-0.15, -0.1) is 0 Å². The predicted octanol–water partition coefficient (Wildman–Crippen LogP) is 3.93. The molecule has 2 rings (SSSR count). The van der Waals surface area contributed by atoms with Gasteiger partial charge in [0, 0.05) is 18.0 Å². The molecule has 152 valence electrons. The minimum atomic E-state index is -0.628. The lowest BCUT2D eigenvalue weighted by atomic mass is 10.1. The molecule has 1 N–H and O–H groups in total. The summed E-state index contributed by atoms with van der Waals surface area (Å²) >= 11 is 0. The summed E-state index contributed by atoms with van der Waals surface area (Å²) in [7, 11) is 0. The molecular formula is C20H27N3O5. The molecule has 0 aliphatic carbocycles. The fraction of sp³-hybridized carbons (Fsp3) is 0.500. The van der Waals surface area contributed by atoms with Crippen LogP contribution in [0.25, 0.3) is 10.9 Å². The summed E-state index contributed by atoms with van der Waals surface area (Å²) in [6.45, 7) is 11.9. The van der Waals surface area contributed by atoms with Crippen molar-refractivity contribution in [3.05, 3.63) is 23.9 Å². The highest BCUT2D eigenvalue weighted by atomic mass is 16.6. The first-order chi connectivity index (χ1) is 12.7. The van der Waals surface area contributed by atoms with Gasteiger partial charge < -0.3 is 9.47 Å². The molecule has 28 heavy (non-hydrogen) atoms. The van der Waals surface area contributed by atoms with Crippen LogP contribution in [0.3, 0.4) is 0 Å². The number of carbonyl (C=O) groups is 3. The Morgan fingerprint density at radius 3 is 2.18 bits per heavy atom. The van der Waals surface area contributed by atoms with Crippen molar-refractivity contribution < 1.29 is 23.9 Å². The number of hydrogen-bond donors (Lipinski definition) is 1. The number of Topliss-reactive ketones (excluding diaryl/α,β-unsaturated/α-hetero) is 1. The fourth-order valence-electron chi connectivity index (χ4n) is 2.56. The number of benzene rings is 1. The molecule has 0 spiro atoms. The lowest BCUT2D eigenvalue weighted by Crippen LogP contribution is -2.27. The summed E-state index contributed by atoms with van der Waals surface area (Å²) in [4.78, 5) is 36.1. The van der Waals surface area contributed by atoms with Crippen LogP contribution in [0.15, 0.2) is 18.2 Å². The summed E-state index contributed by atoms with van der Waals surface area (Å²) in [5.74, 6) is -0.703. The molecule has 0 atom stereocenters. The van der Waals surface area contributed by atoms with E-state index >= 15 is 0 Å². The van der Waals surface area contributed by atoms with Gasteiger partial charge in [0.1, 0.15) is 23.4 Å². The Kier molecular flexibility index (Phi) is 5.82. The zero-order chi connectivity index (χ0) is 21.3. The number of anilines is 1. The van der Waals surface area contributed by atoms with E-state index in [1.807, 2.05) is 0 Å². The van der Waals surface area contributed by atoms with Gasteiger partial charge in [0.2, 0.25) is 0 Å². The lowest BCUT2D eigenvalue weighted by Gasteiger charge is -2.19. The van der Waals surface area contributed by atoms with Crippen molar-refractivity contribution in [2.45, 2.75) is 66.2 Å². The Morgan fingerprint density at radius 1 is 1.04 bits per heavy atom. The number of esters is 1. The summed E-state index contributed by atoms with van der Waals surface area (Å²) in [6, 6.07) is 4.98. The number of ketones is 1. The van der Waals surface area contributed by atoms with Crippen LogP contribution in [0, 0.1) is 0 Å². The molecule has 0 radical (unpaired) electrons. The number of aromatic nitrogens is 2. The maximum atomic E-state index is 12.2. The normalized spacial score (nSPS) is 12.0. The van der Waals surface area contributed by atoms with Crippen molar-refractivity contribution in [2.75, 3.05) is 5.32 Å². The van der Waals surface area contributed by atoms with E-state index in [9.17, 15) is 14.4 Å². The van der Waals surface area contributed by atoms with Gasteiger partial charge in [0.25, 0.3) is 0 Å². The predicted molar refractivity (Wildman–Crippen MR) is 105 cm³/mol. The average molecular weight is 389 g/mol. The summed E-state index contributed by atoms with van der Waals surface area (Å²) < 4.78 is 12.0. The van der Waals surface area contributed by atoms with E-state index in [0.717, 1.165) is 0 Å². The fourth-order valence-corrected chi connectivity index (χ4v) is 2.56. The third-order valence-corrected chi connectivity index (χ3v) is 3.43. The zero-order valence-electron chi connectivity index (χ0n) is 17.4. The largest absolute Gasteiger partial charge is 0.459 e. The van der Waals surface area contributed by atoms with Gasteiger partial charge in [0.05, 0.1) is 5.52 Å². The van der Waals surface area contributed by atoms with Crippen LogP contribution in [-0.2, 0) is 20.8 Å². The second-order valence-electron chi connectivity index (χ2n) is 8.51. The van der Waals surface area contributed by atoms with Crippen molar-refractivity contribution in [2.24, 2.45) is 0 Å². The SMILES string of the molecule is CC(=O)c1nn(CC(=O)OC(C)(C)C)c2ccc(NC(=O)OC(C)(C)C)cc12. The average Bonchev–Trinajstić information content (AvgIpc) is 2.81. The first-order valence-corrected chi connectivity index (χ1v) is 8.98. The molecule has 8 heteroatoms. The molecule has 1 aromatic carbocycles. The van der Waals surface area contributed by atoms with Gasteiger partial charge >= 0.3 is 12.1 Å². The number of nitrogens with zero attached hydrogens (tertiary/aromatic N) is 2. The molecule has 0 fully saturated rings. The van der Waals surface area contributed by atoms with Crippen LogP contribution in [0.5, 0.6) is 0 Å². The van der Waals surface area contributed by atoms with Crippen LogP contribution in [0.1, 0.15) is 59.0 Å². The Hall–Kier alpha value is -2.90. The number of amides is 1. The first-order valence-electron chi connectivity index (χ1n) is 8.98.